The number of urea groups is 1. The highest BCUT2D eigenvalue weighted by atomic mass is 32.1. The predicted octanol–water partition coefficient (Wildman–Crippen LogP) is 1.27. The van der Waals surface area contributed by atoms with Crippen LogP contribution in [0, 0.1) is 5.92 Å². The van der Waals surface area contributed by atoms with E-state index in [-0.39, 0.29) is 18.5 Å². The third-order valence-electron chi connectivity index (χ3n) is 4.68. The van der Waals surface area contributed by atoms with Crippen LogP contribution in [0.15, 0.2) is 17.5 Å². The summed E-state index contributed by atoms with van der Waals surface area (Å²) in [7, 11) is 2.16. The van der Waals surface area contributed by atoms with Crippen molar-refractivity contribution in [3.8, 4) is 0 Å². The number of piperazine rings is 1. The second kappa shape index (κ2) is 7.31. The number of rotatable bonds is 3. The van der Waals surface area contributed by atoms with E-state index in [1.165, 1.54) is 4.88 Å². The van der Waals surface area contributed by atoms with Gasteiger partial charge in [0.2, 0.25) is 5.91 Å². The number of carbonyl (C=O) groups is 2. The number of piperidine rings is 1. The van der Waals surface area contributed by atoms with Crippen molar-refractivity contribution in [2.45, 2.75) is 18.9 Å². The van der Waals surface area contributed by atoms with Crippen LogP contribution >= 0.6 is 11.3 Å². The predicted molar refractivity (Wildman–Crippen MR) is 90.4 cm³/mol. The largest absolute Gasteiger partial charge is 0.353 e. The summed E-state index contributed by atoms with van der Waals surface area (Å²) in [4.78, 5) is 29.0. The minimum absolute atomic E-state index is 0.0831. The van der Waals surface area contributed by atoms with Crippen molar-refractivity contribution < 1.29 is 9.59 Å². The number of amides is 3. The highest BCUT2D eigenvalue weighted by molar-refractivity contribution is 7.10. The van der Waals surface area contributed by atoms with Crippen LogP contribution in [0.3, 0.4) is 0 Å². The average Bonchev–Trinajstić information content (AvgIpc) is 3.06. The first-order chi connectivity index (χ1) is 11.1. The molecule has 2 saturated heterocycles. The minimum Gasteiger partial charge on any atom is -0.353 e. The SMILES string of the molecule is CN1CCC[C@H](CNC(=O)N2CCNC(=O)C2)[C@@H]1c1cccs1. The molecule has 3 heterocycles. The van der Waals surface area contributed by atoms with Crippen LogP contribution in [0.25, 0.3) is 0 Å². The summed E-state index contributed by atoms with van der Waals surface area (Å²) in [5.74, 6) is 0.329. The molecule has 2 aliphatic rings. The lowest BCUT2D eigenvalue weighted by Crippen LogP contribution is -2.54. The quantitative estimate of drug-likeness (QED) is 0.874. The summed E-state index contributed by atoms with van der Waals surface area (Å²) >= 11 is 1.78. The lowest BCUT2D eigenvalue weighted by Gasteiger charge is -2.39. The molecule has 0 radical (unpaired) electrons. The molecule has 0 spiro atoms. The molecule has 1 aromatic heterocycles. The average molecular weight is 336 g/mol. The van der Waals surface area contributed by atoms with E-state index in [1.54, 1.807) is 16.2 Å². The standard InChI is InChI=1S/C16H24N4O2S/c1-19-7-2-4-12(15(19)13-5-3-9-23-13)10-18-16(22)20-8-6-17-14(21)11-20/h3,5,9,12,15H,2,4,6-8,10-11H2,1H3,(H,17,21)(H,18,22)/t12-,15-/m1/s1. The fraction of sp³-hybridized carbons (Fsp3) is 0.625. The molecule has 3 rings (SSSR count). The zero-order valence-corrected chi connectivity index (χ0v) is 14.3. The Bertz CT molecular complexity index is 548. The molecular weight excluding hydrogens is 312 g/mol. The van der Waals surface area contributed by atoms with Crippen LogP contribution in [0.5, 0.6) is 0 Å². The van der Waals surface area contributed by atoms with E-state index >= 15 is 0 Å². The summed E-state index contributed by atoms with van der Waals surface area (Å²) in [5, 5.41) is 7.89. The third-order valence-corrected chi connectivity index (χ3v) is 5.63. The normalized spacial score (nSPS) is 26.0. The topological polar surface area (TPSA) is 64.7 Å². The molecule has 0 unspecified atom stereocenters. The molecule has 126 valence electrons. The highest BCUT2D eigenvalue weighted by Crippen LogP contribution is 2.36. The number of thiophene rings is 1. The zero-order chi connectivity index (χ0) is 16.2. The summed E-state index contributed by atoms with van der Waals surface area (Å²) in [6, 6.07) is 4.51. The van der Waals surface area contributed by atoms with Crippen LogP contribution in [-0.2, 0) is 4.79 Å². The fourth-order valence-corrected chi connectivity index (χ4v) is 4.51. The van der Waals surface area contributed by atoms with Crippen LogP contribution in [0.2, 0.25) is 0 Å². The van der Waals surface area contributed by atoms with Crippen molar-refractivity contribution in [3.63, 3.8) is 0 Å². The number of nitrogens with zero attached hydrogens (tertiary/aromatic N) is 2. The Kier molecular flexibility index (Phi) is 5.17. The van der Waals surface area contributed by atoms with E-state index in [2.05, 4.69) is 40.1 Å². The van der Waals surface area contributed by atoms with Crippen molar-refractivity contribution in [2.75, 3.05) is 39.8 Å². The second-order valence-corrected chi connectivity index (χ2v) is 7.28. The van der Waals surface area contributed by atoms with Gasteiger partial charge < -0.3 is 15.5 Å². The second-order valence-electron chi connectivity index (χ2n) is 6.30. The van der Waals surface area contributed by atoms with Crippen molar-refractivity contribution in [1.29, 1.82) is 0 Å². The molecule has 0 aromatic carbocycles. The van der Waals surface area contributed by atoms with Gasteiger partial charge in [0.25, 0.3) is 0 Å². The lowest BCUT2D eigenvalue weighted by atomic mass is 9.88. The number of likely N-dealkylation sites (tertiary alicyclic amines) is 1. The molecule has 3 amide bonds. The maximum Gasteiger partial charge on any atom is 0.317 e. The molecule has 0 saturated carbocycles. The molecule has 23 heavy (non-hydrogen) atoms. The molecule has 2 fully saturated rings. The van der Waals surface area contributed by atoms with Gasteiger partial charge in [0.15, 0.2) is 0 Å². The van der Waals surface area contributed by atoms with Gasteiger partial charge in [0.1, 0.15) is 6.54 Å². The number of hydrogen-bond donors (Lipinski definition) is 2. The molecule has 1 aromatic rings. The van der Waals surface area contributed by atoms with Gasteiger partial charge in [-0.1, -0.05) is 6.07 Å². The lowest BCUT2D eigenvalue weighted by molar-refractivity contribution is -0.123. The van der Waals surface area contributed by atoms with E-state index in [0.717, 1.165) is 19.4 Å². The molecule has 2 N–H and O–H groups in total. The van der Waals surface area contributed by atoms with Crippen LogP contribution in [-0.4, -0.2) is 61.5 Å². The van der Waals surface area contributed by atoms with E-state index in [9.17, 15) is 9.59 Å². The van der Waals surface area contributed by atoms with Crippen LogP contribution in [0.1, 0.15) is 23.8 Å². The van der Waals surface area contributed by atoms with Gasteiger partial charge in [-0.05, 0) is 43.8 Å². The molecule has 0 bridgehead atoms. The monoisotopic (exact) mass is 336 g/mol. The number of nitrogens with one attached hydrogen (secondary N) is 2. The van der Waals surface area contributed by atoms with Crippen LogP contribution < -0.4 is 10.6 Å². The summed E-state index contributed by atoms with van der Waals surface area (Å²) < 4.78 is 0. The summed E-state index contributed by atoms with van der Waals surface area (Å²) in [6.45, 7) is 3.03. The van der Waals surface area contributed by atoms with Gasteiger partial charge in [-0.25, -0.2) is 4.79 Å². The molecule has 2 aliphatic heterocycles. The van der Waals surface area contributed by atoms with E-state index in [1.807, 2.05) is 0 Å². The van der Waals surface area contributed by atoms with Crippen LogP contribution in [0.4, 0.5) is 4.79 Å². The molecule has 6 nitrogen and oxygen atoms in total. The third kappa shape index (κ3) is 3.84. The minimum atomic E-state index is -0.127. The summed E-state index contributed by atoms with van der Waals surface area (Å²) in [6.07, 6.45) is 2.28. The Morgan fingerprint density at radius 3 is 3.09 bits per heavy atom. The van der Waals surface area contributed by atoms with Crippen molar-refractivity contribution in [1.82, 2.24) is 20.4 Å². The Morgan fingerprint density at radius 1 is 1.48 bits per heavy atom. The first kappa shape index (κ1) is 16.3. The van der Waals surface area contributed by atoms with Crippen molar-refractivity contribution in [3.05, 3.63) is 22.4 Å². The molecular formula is C16H24N4O2S. The van der Waals surface area contributed by atoms with E-state index < -0.39 is 0 Å². The number of carbonyl (C=O) groups excluding carboxylic acids is 2. The van der Waals surface area contributed by atoms with Gasteiger partial charge in [-0.15, -0.1) is 11.3 Å². The molecule has 2 atom stereocenters. The van der Waals surface area contributed by atoms with E-state index in [4.69, 9.17) is 0 Å². The Balaban J connectivity index is 1.59. The first-order valence-electron chi connectivity index (χ1n) is 8.18. The Morgan fingerprint density at radius 2 is 2.35 bits per heavy atom. The van der Waals surface area contributed by atoms with Gasteiger partial charge in [-0.3, -0.25) is 9.69 Å². The summed E-state index contributed by atoms with van der Waals surface area (Å²) in [5.41, 5.74) is 0. The van der Waals surface area contributed by atoms with E-state index in [0.29, 0.717) is 31.6 Å². The van der Waals surface area contributed by atoms with Gasteiger partial charge in [-0.2, -0.15) is 0 Å². The Hall–Kier alpha value is -1.60. The van der Waals surface area contributed by atoms with Crippen molar-refractivity contribution >= 4 is 23.3 Å². The smallest absolute Gasteiger partial charge is 0.317 e. The van der Waals surface area contributed by atoms with Gasteiger partial charge in [0, 0.05) is 30.6 Å². The maximum atomic E-state index is 12.3. The van der Waals surface area contributed by atoms with Crippen molar-refractivity contribution in [2.24, 2.45) is 5.92 Å². The Labute approximate surface area is 140 Å². The first-order valence-corrected chi connectivity index (χ1v) is 9.06. The van der Waals surface area contributed by atoms with Gasteiger partial charge >= 0.3 is 6.03 Å². The maximum absolute atomic E-state index is 12.3. The fourth-order valence-electron chi connectivity index (χ4n) is 3.52. The number of hydrogen-bond acceptors (Lipinski definition) is 4. The highest BCUT2D eigenvalue weighted by Gasteiger charge is 2.32. The van der Waals surface area contributed by atoms with Gasteiger partial charge in [0.05, 0.1) is 0 Å². The molecule has 0 aliphatic carbocycles. The molecule has 7 heteroatoms. The zero-order valence-electron chi connectivity index (χ0n) is 13.5.